The number of nitrogens with two attached hydrogens (primary N) is 1. The molecular formula is C19H25N3O. The van der Waals surface area contributed by atoms with Crippen LogP contribution in [0, 0.1) is 0 Å². The van der Waals surface area contributed by atoms with E-state index in [9.17, 15) is 0 Å². The molecular weight excluding hydrogens is 286 g/mol. The largest absolute Gasteiger partial charge is 0.399 e. The van der Waals surface area contributed by atoms with Gasteiger partial charge in [0, 0.05) is 36.7 Å². The molecule has 3 rings (SSSR count). The Balaban J connectivity index is 1.59. The molecule has 0 spiro atoms. The number of rotatable bonds is 4. The fourth-order valence-electron chi connectivity index (χ4n) is 3.02. The van der Waals surface area contributed by atoms with E-state index in [4.69, 9.17) is 10.5 Å². The van der Waals surface area contributed by atoms with E-state index >= 15 is 0 Å². The molecule has 2 aromatic carbocycles. The minimum atomic E-state index is 0.280. The van der Waals surface area contributed by atoms with Crippen molar-refractivity contribution in [2.24, 2.45) is 0 Å². The molecule has 0 saturated carbocycles. The smallest absolute Gasteiger partial charge is 0.0726 e. The maximum Gasteiger partial charge on any atom is 0.0726 e. The van der Waals surface area contributed by atoms with Crippen LogP contribution in [-0.2, 0) is 11.3 Å². The molecule has 0 radical (unpaired) electrons. The van der Waals surface area contributed by atoms with Crippen LogP contribution < -0.4 is 16.0 Å². The molecule has 1 heterocycles. The molecule has 1 aliphatic heterocycles. The second-order valence-corrected chi connectivity index (χ2v) is 6.30. The van der Waals surface area contributed by atoms with Crippen molar-refractivity contribution in [3.8, 4) is 0 Å². The molecule has 4 nitrogen and oxygen atoms in total. The van der Waals surface area contributed by atoms with E-state index in [-0.39, 0.29) is 12.2 Å². The van der Waals surface area contributed by atoms with Crippen LogP contribution in [0.3, 0.4) is 0 Å². The van der Waals surface area contributed by atoms with Gasteiger partial charge in [0.25, 0.3) is 0 Å². The Kier molecular flexibility index (Phi) is 4.72. The van der Waals surface area contributed by atoms with Crippen LogP contribution >= 0.6 is 0 Å². The van der Waals surface area contributed by atoms with Crippen LogP contribution in [0.1, 0.15) is 19.4 Å². The van der Waals surface area contributed by atoms with Gasteiger partial charge in [0.1, 0.15) is 0 Å². The van der Waals surface area contributed by atoms with E-state index < -0.39 is 0 Å². The Morgan fingerprint density at radius 2 is 1.61 bits per heavy atom. The minimum Gasteiger partial charge on any atom is -0.399 e. The number of nitrogen functional groups attached to an aromatic ring is 1. The standard InChI is InChI=1S/C19H25N3O/c1-14-12-22(13-15(2)23-14)19-9-7-18(8-10-19)21-11-16-3-5-17(20)6-4-16/h3-10,14-15,21H,11-13,20H2,1-2H3/t14-,15?/m1/s1. The average Bonchev–Trinajstić information content (AvgIpc) is 2.54. The van der Waals surface area contributed by atoms with Crippen LogP contribution in [0.4, 0.5) is 17.1 Å². The molecule has 0 bridgehead atoms. The third kappa shape index (κ3) is 4.17. The summed E-state index contributed by atoms with van der Waals surface area (Å²) < 4.78 is 5.79. The Morgan fingerprint density at radius 1 is 1.00 bits per heavy atom. The second kappa shape index (κ2) is 6.92. The third-order valence-electron chi connectivity index (χ3n) is 4.13. The van der Waals surface area contributed by atoms with E-state index in [1.165, 1.54) is 11.3 Å². The molecule has 2 atom stereocenters. The predicted octanol–water partition coefficient (Wildman–Crippen LogP) is 3.49. The van der Waals surface area contributed by atoms with Gasteiger partial charge in [0.2, 0.25) is 0 Å². The van der Waals surface area contributed by atoms with Gasteiger partial charge in [-0.25, -0.2) is 0 Å². The lowest BCUT2D eigenvalue weighted by molar-refractivity contribution is -0.00521. The molecule has 1 unspecified atom stereocenters. The number of benzene rings is 2. The molecule has 1 fully saturated rings. The maximum atomic E-state index is 5.79. The molecule has 1 saturated heterocycles. The van der Waals surface area contributed by atoms with Crippen molar-refractivity contribution >= 4 is 17.1 Å². The quantitative estimate of drug-likeness (QED) is 0.849. The number of nitrogens with zero attached hydrogens (tertiary/aromatic N) is 1. The number of nitrogens with one attached hydrogen (secondary N) is 1. The van der Waals surface area contributed by atoms with Gasteiger partial charge in [0.05, 0.1) is 12.2 Å². The van der Waals surface area contributed by atoms with Crippen molar-refractivity contribution in [2.45, 2.75) is 32.6 Å². The highest BCUT2D eigenvalue weighted by molar-refractivity contribution is 5.55. The van der Waals surface area contributed by atoms with E-state index in [0.29, 0.717) is 0 Å². The van der Waals surface area contributed by atoms with Gasteiger partial charge in [-0.1, -0.05) is 12.1 Å². The molecule has 0 amide bonds. The molecule has 23 heavy (non-hydrogen) atoms. The number of morpholine rings is 1. The number of ether oxygens (including phenoxy) is 1. The van der Waals surface area contributed by atoms with Crippen molar-refractivity contribution in [2.75, 3.05) is 29.0 Å². The van der Waals surface area contributed by atoms with Crippen LogP contribution in [0.25, 0.3) is 0 Å². The van der Waals surface area contributed by atoms with Crippen molar-refractivity contribution in [3.05, 3.63) is 54.1 Å². The molecule has 2 aromatic rings. The summed E-state index contributed by atoms with van der Waals surface area (Å²) in [5.41, 5.74) is 10.1. The van der Waals surface area contributed by atoms with E-state index in [1.54, 1.807) is 0 Å². The monoisotopic (exact) mass is 311 g/mol. The van der Waals surface area contributed by atoms with Crippen LogP contribution in [0.15, 0.2) is 48.5 Å². The highest BCUT2D eigenvalue weighted by Gasteiger charge is 2.22. The lowest BCUT2D eigenvalue weighted by Gasteiger charge is -2.36. The average molecular weight is 311 g/mol. The lowest BCUT2D eigenvalue weighted by atomic mass is 10.1. The molecule has 3 N–H and O–H groups in total. The lowest BCUT2D eigenvalue weighted by Crippen LogP contribution is -2.45. The highest BCUT2D eigenvalue weighted by atomic mass is 16.5. The molecule has 122 valence electrons. The van der Waals surface area contributed by atoms with Gasteiger partial charge in [-0.05, 0) is 55.8 Å². The summed E-state index contributed by atoms with van der Waals surface area (Å²) in [5, 5.41) is 3.44. The first-order chi connectivity index (χ1) is 11.1. The third-order valence-corrected chi connectivity index (χ3v) is 4.13. The molecule has 0 aromatic heterocycles. The Bertz CT molecular complexity index is 614. The van der Waals surface area contributed by atoms with Crippen molar-refractivity contribution in [1.82, 2.24) is 0 Å². The van der Waals surface area contributed by atoms with Gasteiger partial charge in [-0.2, -0.15) is 0 Å². The van der Waals surface area contributed by atoms with Gasteiger partial charge in [-0.15, -0.1) is 0 Å². The van der Waals surface area contributed by atoms with Crippen LogP contribution in [-0.4, -0.2) is 25.3 Å². The number of anilines is 3. The normalized spacial score (nSPS) is 21.2. The van der Waals surface area contributed by atoms with Crippen molar-refractivity contribution in [1.29, 1.82) is 0 Å². The van der Waals surface area contributed by atoms with Gasteiger partial charge >= 0.3 is 0 Å². The zero-order valence-electron chi connectivity index (χ0n) is 13.8. The number of hydrogen-bond donors (Lipinski definition) is 2. The zero-order chi connectivity index (χ0) is 16.2. The minimum absolute atomic E-state index is 0.280. The van der Waals surface area contributed by atoms with E-state index in [0.717, 1.165) is 31.0 Å². The van der Waals surface area contributed by atoms with E-state index in [2.05, 4.69) is 48.3 Å². The summed E-state index contributed by atoms with van der Waals surface area (Å²) in [5.74, 6) is 0. The van der Waals surface area contributed by atoms with Gasteiger partial charge < -0.3 is 20.7 Å². The van der Waals surface area contributed by atoms with Crippen molar-refractivity contribution < 1.29 is 4.74 Å². The summed E-state index contributed by atoms with van der Waals surface area (Å²) in [7, 11) is 0. The second-order valence-electron chi connectivity index (χ2n) is 6.30. The van der Waals surface area contributed by atoms with Gasteiger partial charge in [0.15, 0.2) is 0 Å². The Hall–Kier alpha value is -2.20. The SMILES string of the molecule is CC1CN(c2ccc(NCc3ccc(N)cc3)cc2)C[C@@H](C)O1. The first kappa shape index (κ1) is 15.7. The first-order valence-electron chi connectivity index (χ1n) is 8.19. The summed E-state index contributed by atoms with van der Waals surface area (Å²) in [6, 6.07) is 16.6. The summed E-state index contributed by atoms with van der Waals surface area (Å²) >= 11 is 0. The predicted molar refractivity (Wildman–Crippen MR) is 96.8 cm³/mol. The highest BCUT2D eigenvalue weighted by Crippen LogP contribution is 2.22. The topological polar surface area (TPSA) is 50.5 Å². The maximum absolute atomic E-state index is 5.79. The number of hydrogen-bond acceptors (Lipinski definition) is 4. The molecule has 0 aliphatic carbocycles. The summed E-state index contributed by atoms with van der Waals surface area (Å²) in [4.78, 5) is 2.39. The fourth-order valence-corrected chi connectivity index (χ4v) is 3.02. The van der Waals surface area contributed by atoms with Crippen LogP contribution in [0.2, 0.25) is 0 Å². The Labute approximate surface area is 138 Å². The fraction of sp³-hybridized carbons (Fsp3) is 0.368. The zero-order valence-corrected chi connectivity index (χ0v) is 13.8. The summed E-state index contributed by atoms with van der Waals surface area (Å²) in [6.07, 6.45) is 0.559. The Morgan fingerprint density at radius 3 is 2.22 bits per heavy atom. The first-order valence-corrected chi connectivity index (χ1v) is 8.19. The van der Waals surface area contributed by atoms with Gasteiger partial charge in [-0.3, -0.25) is 0 Å². The van der Waals surface area contributed by atoms with Crippen LogP contribution in [0.5, 0.6) is 0 Å². The molecule has 1 aliphatic rings. The van der Waals surface area contributed by atoms with Crippen molar-refractivity contribution in [3.63, 3.8) is 0 Å². The molecule has 4 heteroatoms. The van der Waals surface area contributed by atoms with E-state index in [1.807, 2.05) is 24.3 Å². The summed E-state index contributed by atoms with van der Waals surface area (Å²) in [6.45, 7) is 6.95.